The molecule has 0 bridgehead atoms. The number of hydrogen-bond acceptors (Lipinski definition) is 2. The largest absolute Gasteiger partial charge is 0.799 e. The average molecular weight is 759 g/mol. The molecule has 4 heteroatoms. The molecule has 0 aliphatic heterocycles. The van der Waals surface area contributed by atoms with E-state index in [1.807, 2.05) is 0 Å². The van der Waals surface area contributed by atoms with Gasteiger partial charge in [0, 0.05) is 14.6 Å². The Hall–Kier alpha value is 0.620. The van der Waals surface area contributed by atoms with E-state index >= 15 is 0 Å². The van der Waals surface area contributed by atoms with Crippen molar-refractivity contribution in [3.63, 3.8) is 0 Å². The van der Waals surface area contributed by atoms with Gasteiger partial charge in [0.15, 0.2) is 0 Å². The van der Waals surface area contributed by atoms with Crippen LogP contribution in [0.3, 0.4) is 0 Å². The third-order valence-electron chi connectivity index (χ3n) is 10.8. The monoisotopic (exact) mass is 759 g/mol. The minimum atomic E-state index is -3.23. The summed E-state index contributed by atoms with van der Waals surface area (Å²) in [6, 6.07) is 0. The Labute approximate surface area is 326 Å². The molecule has 0 N–H and O–H groups in total. The van der Waals surface area contributed by atoms with Crippen LogP contribution in [0.15, 0.2) is 0 Å². The van der Waals surface area contributed by atoms with Crippen LogP contribution in [0.5, 0.6) is 0 Å². The minimum Gasteiger partial charge on any atom is -0.799 e. The Morgan fingerprint density at radius 2 is 0.647 bits per heavy atom. The molecule has 0 amide bonds. The Morgan fingerprint density at radius 1 is 0.431 bits per heavy atom. The molecule has 0 aromatic rings. The van der Waals surface area contributed by atoms with Gasteiger partial charge in [-0.2, -0.15) is 0 Å². The summed E-state index contributed by atoms with van der Waals surface area (Å²) in [6.45, 7) is 26.6. The molecule has 0 saturated heterocycles. The molecule has 2 nitrogen and oxygen atoms in total. The standard InChI is InChI=1S/C31H66P.C16H35O2P/c1-5-9-13-16-17-18-19-20-21-22-23-27-31-32(28-24-12-8-4,29-25-14-10-6-2)30-26-15-11-7-3;1-13(9-15(3,4)5)11-19(17,18)12-14(2)10-16(6,7)8/h5-31H2,1-4H3;13-14H,9-12H2,1-8H3,(H,17,18)/q+1;/p-1. The van der Waals surface area contributed by atoms with Crippen LogP contribution in [-0.4, -0.2) is 37.0 Å². The third kappa shape index (κ3) is 38.7. The quantitative estimate of drug-likeness (QED) is 0.0494. The van der Waals surface area contributed by atoms with Crippen LogP contribution < -0.4 is 4.89 Å². The van der Waals surface area contributed by atoms with E-state index in [1.54, 1.807) is 43.9 Å². The summed E-state index contributed by atoms with van der Waals surface area (Å²) in [5, 5.41) is 0. The van der Waals surface area contributed by atoms with Crippen molar-refractivity contribution in [3.05, 3.63) is 0 Å². The molecule has 0 radical (unpaired) electrons. The van der Waals surface area contributed by atoms with Gasteiger partial charge in [0.1, 0.15) is 0 Å². The van der Waals surface area contributed by atoms with Crippen molar-refractivity contribution >= 4 is 14.6 Å². The Bertz CT molecular complexity index is 740. The summed E-state index contributed by atoms with van der Waals surface area (Å²) in [4.78, 5) is 12.3. The molecular formula is C47H100O2P2. The normalized spacial score (nSPS) is 14.9. The van der Waals surface area contributed by atoms with Crippen LogP contribution in [0.25, 0.3) is 0 Å². The van der Waals surface area contributed by atoms with Gasteiger partial charge in [0.25, 0.3) is 0 Å². The van der Waals surface area contributed by atoms with Gasteiger partial charge in [-0.1, -0.05) is 186 Å². The summed E-state index contributed by atoms with van der Waals surface area (Å²) >= 11 is 0. The van der Waals surface area contributed by atoms with Crippen molar-refractivity contribution in [1.29, 1.82) is 0 Å². The summed E-state index contributed by atoms with van der Waals surface area (Å²) in [5.41, 5.74) is 0.410. The summed E-state index contributed by atoms with van der Waals surface area (Å²) < 4.78 is 12.3. The summed E-state index contributed by atoms with van der Waals surface area (Å²) in [6.07, 6.45) is 43.2. The van der Waals surface area contributed by atoms with Gasteiger partial charge in [0.2, 0.25) is 0 Å². The highest BCUT2D eigenvalue weighted by Gasteiger charge is 2.35. The van der Waals surface area contributed by atoms with Gasteiger partial charge in [-0.05, 0) is 92.8 Å². The van der Waals surface area contributed by atoms with E-state index in [9.17, 15) is 9.46 Å². The zero-order valence-corrected chi connectivity index (χ0v) is 39.6. The smallest absolute Gasteiger partial charge is 0.0594 e. The zero-order chi connectivity index (χ0) is 39.1. The Balaban J connectivity index is 0. The Morgan fingerprint density at radius 3 is 0.922 bits per heavy atom. The lowest BCUT2D eigenvalue weighted by molar-refractivity contribution is -0.176. The first-order chi connectivity index (χ1) is 23.9. The van der Waals surface area contributed by atoms with Crippen LogP contribution in [-0.2, 0) is 4.57 Å². The molecule has 0 fully saturated rings. The highest BCUT2D eigenvalue weighted by atomic mass is 31.2. The first-order valence-corrected chi connectivity index (χ1v) is 27.6. The van der Waals surface area contributed by atoms with E-state index in [1.165, 1.54) is 128 Å². The van der Waals surface area contributed by atoms with Crippen LogP contribution in [0, 0.1) is 22.7 Å². The minimum absolute atomic E-state index is 0.205. The van der Waals surface area contributed by atoms with Crippen LogP contribution >= 0.6 is 14.6 Å². The maximum Gasteiger partial charge on any atom is 0.0594 e. The van der Waals surface area contributed by atoms with Gasteiger partial charge in [-0.15, -0.1) is 0 Å². The second-order valence-corrected chi connectivity index (χ2v) is 26.7. The van der Waals surface area contributed by atoms with Crippen molar-refractivity contribution in [3.8, 4) is 0 Å². The number of unbranched alkanes of at least 4 members (excludes halogenated alkanes) is 19. The molecule has 0 rings (SSSR count). The molecule has 0 aromatic carbocycles. The molecule has 0 aliphatic rings. The molecular weight excluding hydrogens is 658 g/mol. The van der Waals surface area contributed by atoms with E-state index in [0.717, 1.165) is 12.8 Å². The van der Waals surface area contributed by atoms with Crippen molar-refractivity contribution in [2.24, 2.45) is 22.7 Å². The van der Waals surface area contributed by atoms with E-state index in [-0.39, 0.29) is 22.7 Å². The molecule has 2 unspecified atom stereocenters. The molecule has 2 atom stereocenters. The van der Waals surface area contributed by atoms with E-state index in [2.05, 4.69) is 83.1 Å². The van der Waals surface area contributed by atoms with Gasteiger partial charge in [-0.3, -0.25) is 0 Å². The summed E-state index contributed by atoms with van der Waals surface area (Å²) in [5.74, 6) is 0.510. The van der Waals surface area contributed by atoms with E-state index in [0.29, 0.717) is 12.3 Å². The van der Waals surface area contributed by atoms with Gasteiger partial charge in [0.05, 0.1) is 24.6 Å². The first kappa shape index (κ1) is 53.7. The predicted molar refractivity (Wildman–Crippen MR) is 239 cm³/mol. The van der Waals surface area contributed by atoms with E-state index < -0.39 is 14.6 Å². The number of rotatable bonds is 33. The lowest BCUT2D eigenvalue weighted by atomic mass is 9.86. The SMILES string of the molecule is CC(CC(C)(C)C)CP(=O)([O-])CC(C)CC(C)(C)C.CCCCCCCCCCCCCC[P+](CCCCC)(CCCCCC)CCCCCC. The van der Waals surface area contributed by atoms with Crippen molar-refractivity contribution in [2.45, 2.75) is 244 Å². The topological polar surface area (TPSA) is 40.1 Å². The fourth-order valence-corrected chi connectivity index (χ4v) is 15.9. The maximum absolute atomic E-state index is 12.3. The van der Waals surface area contributed by atoms with Crippen molar-refractivity contribution in [2.75, 3.05) is 37.0 Å². The van der Waals surface area contributed by atoms with Crippen LogP contribution in [0.2, 0.25) is 0 Å². The fraction of sp³-hybridized carbons (Fsp3) is 1.00. The van der Waals surface area contributed by atoms with Gasteiger partial charge in [-0.25, -0.2) is 0 Å². The summed E-state index contributed by atoms with van der Waals surface area (Å²) in [7, 11) is -3.91. The Kier molecular flexibility index (Phi) is 34.6. The maximum atomic E-state index is 12.3. The highest BCUT2D eigenvalue weighted by Crippen LogP contribution is 2.61. The van der Waals surface area contributed by atoms with Gasteiger partial charge < -0.3 is 9.46 Å². The van der Waals surface area contributed by atoms with Gasteiger partial charge >= 0.3 is 0 Å². The third-order valence-corrected chi connectivity index (χ3v) is 18.2. The van der Waals surface area contributed by atoms with Crippen molar-refractivity contribution in [1.82, 2.24) is 0 Å². The lowest BCUT2D eigenvalue weighted by Crippen LogP contribution is -2.22. The zero-order valence-electron chi connectivity index (χ0n) is 37.8. The van der Waals surface area contributed by atoms with Crippen molar-refractivity contribution < 1.29 is 9.46 Å². The second kappa shape index (κ2) is 32.8. The molecule has 51 heavy (non-hydrogen) atoms. The van der Waals surface area contributed by atoms with Crippen LogP contribution in [0.1, 0.15) is 244 Å². The average Bonchev–Trinajstić information content (AvgIpc) is 3.00. The van der Waals surface area contributed by atoms with Crippen LogP contribution in [0.4, 0.5) is 0 Å². The lowest BCUT2D eigenvalue weighted by Gasteiger charge is -2.33. The molecule has 0 heterocycles. The first-order valence-electron chi connectivity index (χ1n) is 23.1. The fourth-order valence-electron chi connectivity index (χ4n) is 8.65. The highest BCUT2D eigenvalue weighted by molar-refractivity contribution is 7.75. The molecule has 310 valence electrons. The predicted octanol–water partition coefficient (Wildman–Crippen LogP) is 16.8. The number of hydrogen-bond donors (Lipinski definition) is 0. The molecule has 0 saturated carbocycles. The molecule has 0 aliphatic carbocycles. The molecule has 0 spiro atoms. The van der Waals surface area contributed by atoms with E-state index in [4.69, 9.17) is 0 Å². The second-order valence-electron chi connectivity index (χ2n) is 19.9. The molecule has 0 aromatic heterocycles.